The third-order valence-electron chi connectivity index (χ3n) is 6.50. The Hall–Kier alpha value is -2.04. The van der Waals surface area contributed by atoms with Crippen molar-refractivity contribution in [3.05, 3.63) is 29.8 Å². The van der Waals surface area contributed by atoms with Crippen molar-refractivity contribution in [2.24, 2.45) is 17.8 Å². The maximum atomic E-state index is 12.3. The van der Waals surface area contributed by atoms with Gasteiger partial charge < -0.3 is 14.8 Å². The van der Waals surface area contributed by atoms with Crippen LogP contribution >= 0.6 is 0 Å². The molecule has 4 bridgehead atoms. The number of rotatable bonds is 7. The number of benzene rings is 1. The van der Waals surface area contributed by atoms with Gasteiger partial charge in [-0.15, -0.1) is 0 Å². The lowest BCUT2D eigenvalue weighted by molar-refractivity contribution is -0.151. The monoisotopic (exact) mass is 371 g/mol. The van der Waals surface area contributed by atoms with Crippen molar-refractivity contribution in [2.45, 2.75) is 57.4 Å². The van der Waals surface area contributed by atoms with Gasteiger partial charge in [-0.1, -0.05) is 19.1 Å². The van der Waals surface area contributed by atoms with Gasteiger partial charge in [-0.3, -0.25) is 4.79 Å². The van der Waals surface area contributed by atoms with Gasteiger partial charge in [-0.2, -0.15) is 0 Å². The molecular formula is C22H29NO4. The fraction of sp³-hybridized carbons (Fsp3) is 0.636. The first-order chi connectivity index (χ1) is 13.0. The van der Waals surface area contributed by atoms with E-state index >= 15 is 0 Å². The van der Waals surface area contributed by atoms with Gasteiger partial charge in [0.15, 0.2) is 13.2 Å². The lowest BCUT2D eigenvalue weighted by Crippen LogP contribution is -2.60. The van der Waals surface area contributed by atoms with Crippen molar-refractivity contribution < 1.29 is 19.1 Å². The van der Waals surface area contributed by atoms with Gasteiger partial charge in [0.05, 0.1) is 0 Å². The average Bonchev–Trinajstić information content (AvgIpc) is 2.63. The molecule has 5 heteroatoms. The zero-order valence-corrected chi connectivity index (χ0v) is 16.0. The molecule has 0 aromatic heterocycles. The number of amides is 1. The van der Waals surface area contributed by atoms with Crippen LogP contribution in [0.1, 0.15) is 51.0 Å². The molecule has 5 nitrogen and oxygen atoms in total. The summed E-state index contributed by atoms with van der Waals surface area (Å²) >= 11 is 0. The molecule has 4 saturated carbocycles. The summed E-state index contributed by atoms with van der Waals surface area (Å²) in [5, 5.41) is 3.21. The largest absolute Gasteiger partial charge is 0.482 e. The number of carbonyl (C=O) groups excluding carboxylic acids is 2. The molecule has 1 N–H and O–H groups in total. The molecule has 1 aromatic carbocycles. The van der Waals surface area contributed by atoms with Crippen LogP contribution in [0.25, 0.3) is 0 Å². The molecule has 4 aliphatic rings. The van der Waals surface area contributed by atoms with E-state index in [1.54, 1.807) is 0 Å². The smallest absolute Gasteiger partial charge is 0.344 e. The van der Waals surface area contributed by atoms with E-state index in [9.17, 15) is 9.59 Å². The minimum absolute atomic E-state index is 0.0459. The van der Waals surface area contributed by atoms with E-state index in [2.05, 4.69) is 12.2 Å². The summed E-state index contributed by atoms with van der Waals surface area (Å²) in [6.07, 6.45) is 8.24. The van der Waals surface area contributed by atoms with E-state index in [4.69, 9.17) is 9.47 Å². The highest BCUT2D eigenvalue weighted by Gasteiger charge is 2.51. The highest BCUT2D eigenvalue weighted by atomic mass is 16.6. The summed E-state index contributed by atoms with van der Waals surface area (Å²) in [5.74, 6) is 2.24. The van der Waals surface area contributed by atoms with E-state index in [-0.39, 0.29) is 24.7 Å². The molecule has 4 aliphatic carbocycles. The van der Waals surface area contributed by atoms with Crippen LogP contribution in [0.5, 0.6) is 5.75 Å². The van der Waals surface area contributed by atoms with E-state index in [1.165, 1.54) is 24.8 Å². The van der Waals surface area contributed by atoms with Gasteiger partial charge in [-0.05, 0) is 80.4 Å². The average molecular weight is 371 g/mol. The van der Waals surface area contributed by atoms with Crippen molar-refractivity contribution in [1.82, 2.24) is 5.32 Å². The fourth-order valence-corrected chi connectivity index (χ4v) is 5.75. The summed E-state index contributed by atoms with van der Waals surface area (Å²) in [6, 6.07) is 7.62. The van der Waals surface area contributed by atoms with E-state index < -0.39 is 5.97 Å². The summed E-state index contributed by atoms with van der Waals surface area (Å²) in [7, 11) is 0. The summed E-state index contributed by atoms with van der Waals surface area (Å²) in [5.41, 5.74) is 1.17. The molecular weight excluding hydrogens is 342 g/mol. The lowest BCUT2D eigenvalue weighted by atomic mass is 9.53. The van der Waals surface area contributed by atoms with Crippen LogP contribution in [0, 0.1) is 17.8 Å². The van der Waals surface area contributed by atoms with Crippen LogP contribution in [-0.4, -0.2) is 30.6 Å². The van der Waals surface area contributed by atoms with Gasteiger partial charge in [0.25, 0.3) is 5.91 Å². The van der Waals surface area contributed by atoms with Gasteiger partial charge >= 0.3 is 5.97 Å². The molecule has 1 amide bonds. The Bertz CT molecular complexity index is 661. The summed E-state index contributed by atoms with van der Waals surface area (Å²) < 4.78 is 10.5. The third kappa shape index (κ3) is 4.28. The Kier molecular flexibility index (Phi) is 5.11. The van der Waals surface area contributed by atoms with Crippen molar-refractivity contribution in [3.8, 4) is 5.75 Å². The molecule has 27 heavy (non-hydrogen) atoms. The standard InChI is InChI=1S/C22H29NO4/c1-2-15-3-5-19(6-4-15)26-14-21(25)27-13-20(24)23-22-10-16-7-17(11-22)9-18(8-16)12-22/h3-6,16-18H,2,7-14H2,1H3,(H,23,24). The number of hydrogen-bond acceptors (Lipinski definition) is 4. The lowest BCUT2D eigenvalue weighted by Gasteiger charge is -2.56. The van der Waals surface area contributed by atoms with Crippen molar-refractivity contribution >= 4 is 11.9 Å². The third-order valence-corrected chi connectivity index (χ3v) is 6.50. The van der Waals surface area contributed by atoms with Crippen molar-refractivity contribution in [3.63, 3.8) is 0 Å². The molecule has 5 rings (SSSR count). The molecule has 146 valence electrons. The zero-order chi connectivity index (χ0) is 18.9. The van der Waals surface area contributed by atoms with Crippen molar-refractivity contribution in [1.29, 1.82) is 0 Å². The fourth-order valence-electron chi connectivity index (χ4n) is 5.75. The first-order valence-corrected chi connectivity index (χ1v) is 10.2. The molecule has 0 heterocycles. The Morgan fingerprint density at radius 1 is 1.00 bits per heavy atom. The van der Waals surface area contributed by atoms with Crippen molar-refractivity contribution in [2.75, 3.05) is 13.2 Å². The van der Waals surface area contributed by atoms with Gasteiger partial charge in [0.2, 0.25) is 0 Å². The number of aryl methyl sites for hydroxylation is 1. The van der Waals surface area contributed by atoms with Gasteiger partial charge in [-0.25, -0.2) is 4.79 Å². The van der Waals surface area contributed by atoms with Crippen LogP contribution in [0.4, 0.5) is 0 Å². The Labute approximate surface area is 160 Å². The minimum atomic E-state index is -0.518. The van der Waals surface area contributed by atoms with Crippen LogP contribution < -0.4 is 10.1 Å². The second-order valence-electron chi connectivity index (χ2n) is 8.69. The van der Waals surface area contributed by atoms with E-state index in [1.807, 2.05) is 24.3 Å². The van der Waals surface area contributed by atoms with Gasteiger partial charge in [0.1, 0.15) is 5.75 Å². The molecule has 0 aliphatic heterocycles. The topological polar surface area (TPSA) is 64.6 Å². The van der Waals surface area contributed by atoms with Crippen LogP contribution in [0.15, 0.2) is 24.3 Å². The minimum Gasteiger partial charge on any atom is -0.482 e. The molecule has 1 aromatic rings. The number of carbonyl (C=O) groups is 2. The van der Waals surface area contributed by atoms with Gasteiger partial charge in [0, 0.05) is 5.54 Å². The maximum Gasteiger partial charge on any atom is 0.344 e. The number of nitrogens with one attached hydrogen (secondary N) is 1. The first-order valence-electron chi connectivity index (χ1n) is 10.2. The number of ether oxygens (including phenoxy) is 2. The van der Waals surface area contributed by atoms with Crippen LogP contribution in [0.2, 0.25) is 0 Å². The normalized spacial score (nSPS) is 30.8. The predicted molar refractivity (Wildman–Crippen MR) is 101 cm³/mol. The van der Waals surface area contributed by atoms with E-state index in [0.717, 1.165) is 43.4 Å². The number of esters is 1. The number of hydrogen-bond donors (Lipinski definition) is 1. The second-order valence-corrected chi connectivity index (χ2v) is 8.69. The quantitative estimate of drug-likeness (QED) is 0.747. The maximum absolute atomic E-state index is 12.3. The first kappa shape index (κ1) is 18.3. The molecule has 4 fully saturated rings. The highest BCUT2D eigenvalue weighted by Crippen LogP contribution is 2.55. The Balaban J connectivity index is 1.20. The molecule has 0 spiro atoms. The van der Waals surface area contributed by atoms with Crippen LogP contribution in [-0.2, 0) is 20.7 Å². The van der Waals surface area contributed by atoms with E-state index in [0.29, 0.717) is 5.75 Å². The predicted octanol–water partition coefficient (Wildman–Crippen LogP) is 3.26. The zero-order valence-electron chi connectivity index (χ0n) is 16.0. The summed E-state index contributed by atoms with van der Waals surface area (Å²) in [4.78, 5) is 24.2. The highest BCUT2D eigenvalue weighted by molar-refractivity contribution is 5.81. The Morgan fingerprint density at radius 2 is 1.59 bits per heavy atom. The Morgan fingerprint density at radius 3 is 2.15 bits per heavy atom. The molecule has 0 atom stereocenters. The molecule has 0 saturated heterocycles. The molecule has 0 radical (unpaired) electrons. The van der Waals surface area contributed by atoms with Crippen LogP contribution in [0.3, 0.4) is 0 Å². The SMILES string of the molecule is CCc1ccc(OCC(=O)OCC(=O)NC23CC4CC(CC(C4)C2)C3)cc1. The summed E-state index contributed by atoms with van der Waals surface area (Å²) in [6.45, 7) is 1.68. The second kappa shape index (κ2) is 7.53. The molecule has 0 unspecified atom stereocenters.